The van der Waals surface area contributed by atoms with Gasteiger partial charge in [0.25, 0.3) is 11.5 Å². The molecule has 0 atom stereocenters. The smallest absolute Gasteiger partial charge is 0.270 e. The Bertz CT molecular complexity index is 612. The fourth-order valence-corrected chi connectivity index (χ4v) is 1.26. The van der Waals surface area contributed by atoms with Crippen LogP contribution in [0.25, 0.3) is 5.65 Å². The molecule has 0 spiro atoms. The van der Waals surface area contributed by atoms with Gasteiger partial charge in [0.2, 0.25) is 0 Å². The molecule has 90 valence electrons. The summed E-state index contributed by atoms with van der Waals surface area (Å²) in [6.07, 6.45) is 2.45. The maximum Gasteiger partial charge on any atom is 0.270 e. The molecular formula is C9H9N3O3S2. The first kappa shape index (κ1) is 13.4. The summed E-state index contributed by atoms with van der Waals surface area (Å²) in [7, 11) is 0. The number of aromatic nitrogens is 2. The number of rotatable bonds is 1. The molecule has 0 saturated heterocycles. The normalized spacial score (nSPS) is 9.53. The first-order chi connectivity index (χ1) is 8.11. The Morgan fingerprint density at radius 3 is 2.71 bits per heavy atom. The number of nitrogens with two attached hydrogens (primary N) is 1. The average molecular weight is 271 g/mol. The summed E-state index contributed by atoms with van der Waals surface area (Å²) in [6.45, 7) is 0. The molecule has 0 aliphatic heterocycles. The summed E-state index contributed by atoms with van der Waals surface area (Å²) in [4.78, 5) is 26.3. The minimum atomic E-state index is -0.842. The van der Waals surface area contributed by atoms with Gasteiger partial charge in [-0.1, -0.05) is 0 Å². The van der Waals surface area contributed by atoms with Crippen LogP contribution in [0.15, 0.2) is 29.3 Å². The van der Waals surface area contributed by atoms with Gasteiger partial charge in [-0.05, 0) is 12.1 Å². The number of amides is 1. The Labute approximate surface area is 106 Å². The van der Waals surface area contributed by atoms with E-state index in [2.05, 4.69) is 28.3 Å². The van der Waals surface area contributed by atoms with Crippen molar-refractivity contribution in [2.45, 2.75) is 0 Å². The van der Waals surface area contributed by atoms with Crippen LogP contribution in [0.3, 0.4) is 0 Å². The molecule has 2 rings (SSSR count). The van der Waals surface area contributed by atoms with E-state index < -0.39 is 11.5 Å². The second kappa shape index (κ2) is 5.60. The predicted octanol–water partition coefficient (Wildman–Crippen LogP) is 0.260. The van der Waals surface area contributed by atoms with Crippen molar-refractivity contribution in [2.75, 3.05) is 0 Å². The van der Waals surface area contributed by atoms with E-state index >= 15 is 0 Å². The Balaban J connectivity index is 0.000000686. The molecule has 0 aliphatic carbocycles. The number of aromatic hydroxyl groups is 1. The van der Waals surface area contributed by atoms with Crippen LogP contribution in [0, 0.1) is 0 Å². The summed E-state index contributed by atoms with van der Waals surface area (Å²) in [5.41, 5.74) is 4.28. The molecule has 0 unspecified atom stereocenters. The summed E-state index contributed by atoms with van der Waals surface area (Å²) < 4.78 is 1.06. The van der Waals surface area contributed by atoms with E-state index in [9.17, 15) is 14.7 Å². The van der Waals surface area contributed by atoms with E-state index in [0.717, 1.165) is 10.6 Å². The van der Waals surface area contributed by atoms with E-state index in [-0.39, 0.29) is 17.0 Å². The molecule has 0 bridgehead atoms. The summed E-state index contributed by atoms with van der Waals surface area (Å²) in [5, 5.41) is 9.39. The number of hydrogen-bond donors (Lipinski definition) is 4. The van der Waals surface area contributed by atoms with Crippen LogP contribution in [0.2, 0.25) is 0 Å². The average Bonchev–Trinajstić information content (AvgIpc) is 2.33. The van der Waals surface area contributed by atoms with Gasteiger partial charge in [0.05, 0.1) is 0 Å². The fraction of sp³-hybridized carbons (Fsp3) is 0. The van der Waals surface area contributed by atoms with Crippen LogP contribution in [0.1, 0.15) is 10.4 Å². The van der Waals surface area contributed by atoms with Crippen molar-refractivity contribution in [3.8, 4) is 5.75 Å². The van der Waals surface area contributed by atoms with Crippen LogP contribution < -0.4 is 11.3 Å². The van der Waals surface area contributed by atoms with Gasteiger partial charge < -0.3 is 10.8 Å². The van der Waals surface area contributed by atoms with E-state index in [0.29, 0.717) is 0 Å². The molecule has 2 aromatic heterocycles. The van der Waals surface area contributed by atoms with Crippen LogP contribution in [-0.2, 0) is 0 Å². The number of carbonyl (C=O) groups is 1. The number of pyridine rings is 1. The van der Waals surface area contributed by atoms with Crippen molar-refractivity contribution in [2.24, 2.45) is 5.73 Å². The lowest BCUT2D eigenvalue weighted by Gasteiger charge is -2.02. The summed E-state index contributed by atoms with van der Waals surface area (Å²) in [5.74, 6) is -0.976. The highest BCUT2D eigenvalue weighted by molar-refractivity contribution is 8.59. The molecule has 3 N–H and O–H groups in total. The van der Waals surface area contributed by atoms with E-state index in [1.807, 2.05) is 0 Å². The molecule has 6 nitrogen and oxygen atoms in total. The van der Waals surface area contributed by atoms with Crippen LogP contribution in [0.5, 0.6) is 5.75 Å². The Kier molecular flexibility index (Phi) is 4.41. The maximum absolute atomic E-state index is 11.6. The number of fused-ring (bicyclic) bond motifs is 1. The zero-order valence-corrected chi connectivity index (χ0v) is 10.2. The molecule has 0 radical (unpaired) electrons. The highest BCUT2D eigenvalue weighted by atomic mass is 33.1. The van der Waals surface area contributed by atoms with Gasteiger partial charge in [-0.25, -0.2) is 4.98 Å². The fourth-order valence-electron chi connectivity index (χ4n) is 1.26. The first-order valence-electron chi connectivity index (χ1n) is 4.30. The third kappa shape index (κ3) is 2.53. The highest BCUT2D eigenvalue weighted by Gasteiger charge is 2.10. The van der Waals surface area contributed by atoms with Crippen LogP contribution in [-0.4, -0.2) is 20.4 Å². The maximum atomic E-state index is 11.6. The SMILES string of the molecule is NC(=O)c1cnc2c(O)cccn2c1=O.SS. The lowest BCUT2D eigenvalue weighted by molar-refractivity contribution is 0.0998. The minimum absolute atomic E-state index is 0.0903. The molecule has 8 heteroatoms. The lowest BCUT2D eigenvalue weighted by atomic mass is 10.3. The first-order valence-corrected chi connectivity index (χ1v) is 5.90. The van der Waals surface area contributed by atoms with Crippen LogP contribution in [0.4, 0.5) is 0 Å². The second-order valence-electron chi connectivity index (χ2n) is 2.93. The van der Waals surface area contributed by atoms with Gasteiger partial charge in [-0.3, -0.25) is 14.0 Å². The number of thiol groups is 2. The van der Waals surface area contributed by atoms with Crippen LogP contribution >= 0.6 is 23.3 Å². The van der Waals surface area contributed by atoms with Gasteiger partial charge >= 0.3 is 0 Å². The molecule has 0 saturated carbocycles. The quantitative estimate of drug-likeness (QED) is 0.442. The number of hydrogen-bond acceptors (Lipinski definition) is 6. The summed E-state index contributed by atoms with van der Waals surface area (Å²) in [6, 6.07) is 2.86. The Morgan fingerprint density at radius 2 is 2.12 bits per heavy atom. The Hall–Kier alpha value is -1.67. The predicted molar refractivity (Wildman–Crippen MR) is 69.6 cm³/mol. The Morgan fingerprint density at radius 1 is 1.47 bits per heavy atom. The van der Waals surface area contributed by atoms with Crippen molar-refractivity contribution in [3.63, 3.8) is 0 Å². The van der Waals surface area contributed by atoms with Crippen molar-refractivity contribution >= 4 is 34.9 Å². The second-order valence-corrected chi connectivity index (χ2v) is 2.93. The molecule has 0 fully saturated rings. The van der Waals surface area contributed by atoms with E-state index in [1.54, 1.807) is 0 Å². The molecule has 2 aromatic rings. The standard InChI is InChI=1S/C9H7N3O3.H2S2/c10-7(14)5-4-11-8-6(13)2-1-3-12(8)9(5)15;1-2/h1-4,13H,(H2,10,14);1-2H. The summed E-state index contributed by atoms with van der Waals surface area (Å²) >= 11 is 6.44. The molecule has 0 aromatic carbocycles. The van der Waals surface area contributed by atoms with Gasteiger partial charge in [0, 0.05) is 12.4 Å². The third-order valence-corrected chi connectivity index (χ3v) is 1.98. The molecule has 17 heavy (non-hydrogen) atoms. The zero-order valence-electron chi connectivity index (χ0n) is 8.44. The van der Waals surface area contributed by atoms with Gasteiger partial charge in [0.15, 0.2) is 11.4 Å². The third-order valence-electron chi connectivity index (χ3n) is 1.98. The molecular weight excluding hydrogens is 262 g/mol. The highest BCUT2D eigenvalue weighted by Crippen LogP contribution is 2.12. The number of carbonyl (C=O) groups excluding carboxylic acids is 1. The number of primary amides is 1. The monoisotopic (exact) mass is 271 g/mol. The van der Waals surface area contributed by atoms with Gasteiger partial charge in [0.1, 0.15) is 5.56 Å². The van der Waals surface area contributed by atoms with E-state index in [1.165, 1.54) is 18.3 Å². The van der Waals surface area contributed by atoms with Gasteiger partial charge in [-0.15, -0.1) is 23.3 Å². The zero-order chi connectivity index (χ0) is 13.0. The molecule has 2 heterocycles. The van der Waals surface area contributed by atoms with E-state index in [4.69, 9.17) is 5.73 Å². The van der Waals surface area contributed by atoms with Crippen molar-refractivity contribution < 1.29 is 9.90 Å². The van der Waals surface area contributed by atoms with Gasteiger partial charge in [-0.2, -0.15) is 0 Å². The topological polar surface area (TPSA) is 97.7 Å². The largest absolute Gasteiger partial charge is 0.504 e. The van der Waals surface area contributed by atoms with Crippen molar-refractivity contribution in [1.29, 1.82) is 0 Å². The minimum Gasteiger partial charge on any atom is -0.504 e. The van der Waals surface area contributed by atoms with Crippen molar-refractivity contribution in [3.05, 3.63) is 40.4 Å². The lowest BCUT2D eigenvalue weighted by Crippen LogP contribution is -2.26. The molecule has 1 amide bonds. The molecule has 0 aliphatic rings. The number of nitrogens with zero attached hydrogens (tertiary/aromatic N) is 2. The van der Waals surface area contributed by atoms with Crippen molar-refractivity contribution in [1.82, 2.24) is 9.38 Å².